The number of aryl methyl sites for hydroxylation is 1. The van der Waals surface area contributed by atoms with E-state index in [0.29, 0.717) is 17.0 Å². The van der Waals surface area contributed by atoms with Gasteiger partial charge in [0.25, 0.3) is 5.91 Å². The van der Waals surface area contributed by atoms with Crippen molar-refractivity contribution in [1.82, 2.24) is 4.90 Å². The standard InChI is InChI=1S/C20H28FNO3/c1-3-24-13-16-14-25-11-8-20(16)6-9-22(10-7-20)19(23)18-5-4-17(21)12-15(18)2/h4-5,12,16H,3,6-11,13-14H2,1-2H3/t16-/m0/s1. The molecule has 0 N–H and O–H groups in total. The summed E-state index contributed by atoms with van der Waals surface area (Å²) in [6.45, 7) is 8.32. The molecule has 0 aromatic heterocycles. The maximum atomic E-state index is 13.3. The van der Waals surface area contributed by atoms with E-state index in [2.05, 4.69) is 0 Å². The van der Waals surface area contributed by atoms with E-state index >= 15 is 0 Å². The van der Waals surface area contributed by atoms with Crippen LogP contribution in [0.1, 0.15) is 42.1 Å². The molecule has 2 fully saturated rings. The molecule has 0 saturated carbocycles. The van der Waals surface area contributed by atoms with Crippen molar-refractivity contribution < 1.29 is 18.7 Å². The number of carbonyl (C=O) groups is 1. The van der Waals surface area contributed by atoms with Gasteiger partial charge in [-0.25, -0.2) is 4.39 Å². The van der Waals surface area contributed by atoms with E-state index in [1.54, 1.807) is 13.0 Å². The lowest BCUT2D eigenvalue weighted by atomic mass is 9.66. The number of nitrogens with zero attached hydrogens (tertiary/aromatic N) is 1. The van der Waals surface area contributed by atoms with Crippen molar-refractivity contribution in [2.24, 2.45) is 11.3 Å². The van der Waals surface area contributed by atoms with E-state index in [0.717, 1.165) is 58.8 Å². The fourth-order valence-corrected chi connectivity index (χ4v) is 4.22. The second kappa shape index (κ2) is 7.83. The summed E-state index contributed by atoms with van der Waals surface area (Å²) < 4.78 is 24.6. The van der Waals surface area contributed by atoms with Crippen molar-refractivity contribution in [3.8, 4) is 0 Å². The highest BCUT2D eigenvalue weighted by Crippen LogP contribution is 2.45. The molecule has 5 heteroatoms. The van der Waals surface area contributed by atoms with Crippen LogP contribution in [0.2, 0.25) is 0 Å². The first-order chi connectivity index (χ1) is 12.1. The smallest absolute Gasteiger partial charge is 0.254 e. The molecule has 2 heterocycles. The van der Waals surface area contributed by atoms with Gasteiger partial charge in [-0.1, -0.05) is 0 Å². The van der Waals surface area contributed by atoms with E-state index in [9.17, 15) is 9.18 Å². The SMILES string of the molecule is CCOC[C@H]1COCCC12CCN(C(=O)c1ccc(F)cc1C)CC2. The lowest BCUT2D eigenvalue weighted by Gasteiger charge is -2.49. The first-order valence-corrected chi connectivity index (χ1v) is 9.26. The van der Waals surface area contributed by atoms with Gasteiger partial charge in [0, 0.05) is 37.8 Å². The summed E-state index contributed by atoms with van der Waals surface area (Å²) in [6.07, 6.45) is 3.02. The minimum atomic E-state index is -0.299. The predicted molar refractivity (Wildman–Crippen MR) is 94.1 cm³/mol. The number of carbonyl (C=O) groups excluding carboxylic acids is 1. The summed E-state index contributed by atoms with van der Waals surface area (Å²) in [6, 6.07) is 4.39. The summed E-state index contributed by atoms with van der Waals surface area (Å²) in [5.74, 6) is 0.124. The van der Waals surface area contributed by atoms with Gasteiger partial charge in [-0.3, -0.25) is 4.79 Å². The molecule has 0 radical (unpaired) electrons. The maximum absolute atomic E-state index is 13.3. The zero-order valence-electron chi connectivity index (χ0n) is 15.2. The molecule has 1 spiro atoms. The van der Waals surface area contributed by atoms with Crippen LogP contribution in [0.5, 0.6) is 0 Å². The number of likely N-dealkylation sites (tertiary alicyclic amines) is 1. The van der Waals surface area contributed by atoms with Gasteiger partial charge in [0.15, 0.2) is 0 Å². The molecule has 0 unspecified atom stereocenters. The summed E-state index contributed by atoms with van der Waals surface area (Å²) in [7, 11) is 0. The van der Waals surface area contributed by atoms with Crippen molar-refractivity contribution in [2.75, 3.05) is 39.5 Å². The Kier molecular flexibility index (Phi) is 5.74. The molecular formula is C20H28FNO3. The summed E-state index contributed by atoms with van der Waals surface area (Å²) in [5.41, 5.74) is 1.53. The van der Waals surface area contributed by atoms with Crippen molar-refractivity contribution in [3.63, 3.8) is 0 Å². The van der Waals surface area contributed by atoms with Crippen LogP contribution in [0.4, 0.5) is 4.39 Å². The van der Waals surface area contributed by atoms with Crippen LogP contribution in [-0.2, 0) is 9.47 Å². The van der Waals surface area contributed by atoms with Crippen molar-refractivity contribution >= 4 is 5.91 Å². The number of halogens is 1. The Morgan fingerprint density at radius 3 is 2.80 bits per heavy atom. The predicted octanol–water partition coefficient (Wildman–Crippen LogP) is 3.43. The topological polar surface area (TPSA) is 38.8 Å². The van der Waals surface area contributed by atoms with Gasteiger partial charge in [0.05, 0.1) is 13.2 Å². The summed E-state index contributed by atoms with van der Waals surface area (Å²) in [4.78, 5) is 14.7. The van der Waals surface area contributed by atoms with Gasteiger partial charge in [-0.05, 0) is 62.3 Å². The molecule has 0 aliphatic carbocycles. The van der Waals surface area contributed by atoms with Crippen LogP contribution < -0.4 is 0 Å². The van der Waals surface area contributed by atoms with Crippen LogP contribution in [0, 0.1) is 24.1 Å². The maximum Gasteiger partial charge on any atom is 0.254 e. The average Bonchev–Trinajstić information content (AvgIpc) is 2.61. The van der Waals surface area contributed by atoms with Gasteiger partial charge in [-0.2, -0.15) is 0 Å². The number of amides is 1. The summed E-state index contributed by atoms with van der Waals surface area (Å²) in [5, 5.41) is 0. The van der Waals surface area contributed by atoms with Gasteiger partial charge in [0.2, 0.25) is 0 Å². The highest BCUT2D eigenvalue weighted by Gasteiger charge is 2.44. The van der Waals surface area contributed by atoms with E-state index in [-0.39, 0.29) is 17.1 Å². The molecule has 1 aromatic rings. The lowest BCUT2D eigenvalue weighted by molar-refractivity contribution is -0.0956. The second-order valence-electron chi connectivity index (χ2n) is 7.30. The van der Waals surface area contributed by atoms with Crippen LogP contribution >= 0.6 is 0 Å². The molecule has 3 rings (SSSR count). The van der Waals surface area contributed by atoms with Crippen molar-refractivity contribution in [2.45, 2.75) is 33.1 Å². The average molecular weight is 349 g/mol. The van der Waals surface area contributed by atoms with Gasteiger partial charge >= 0.3 is 0 Å². The molecule has 2 aliphatic rings. The zero-order valence-corrected chi connectivity index (χ0v) is 15.2. The molecule has 2 saturated heterocycles. The Morgan fingerprint density at radius 2 is 2.12 bits per heavy atom. The van der Waals surface area contributed by atoms with Crippen molar-refractivity contribution in [3.05, 3.63) is 35.1 Å². The van der Waals surface area contributed by atoms with E-state index in [4.69, 9.17) is 9.47 Å². The number of rotatable bonds is 4. The third-order valence-corrected chi connectivity index (χ3v) is 5.92. The number of benzene rings is 1. The van der Waals surface area contributed by atoms with Crippen LogP contribution in [-0.4, -0.2) is 50.3 Å². The first kappa shape index (κ1) is 18.3. The molecular weight excluding hydrogens is 321 g/mol. The molecule has 2 aliphatic heterocycles. The Bertz CT molecular complexity index is 611. The van der Waals surface area contributed by atoms with Gasteiger partial charge in [-0.15, -0.1) is 0 Å². The fourth-order valence-electron chi connectivity index (χ4n) is 4.22. The molecule has 25 heavy (non-hydrogen) atoms. The highest BCUT2D eigenvalue weighted by molar-refractivity contribution is 5.95. The molecule has 1 atom stereocenters. The van der Waals surface area contributed by atoms with Crippen LogP contribution in [0.25, 0.3) is 0 Å². The summed E-state index contributed by atoms with van der Waals surface area (Å²) >= 11 is 0. The van der Waals surface area contributed by atoms with E-state index in [1.807, 2.05) is 11.8 Å². The van der Waals surface area contributed by atoms with Gasteiger partial charge < -0.3 is 14.4 Å². The molecule has 138 valence electrons. The Morgan fingerprint density at radius 1 is 1.36 bits per heavy atom. The lowest BCUT2D eigenvalue weighted by Crippen LogP contribution is -2.50. The van der Waals surface area contributed by atoms with Gasteiger partial charge in [0.1, 0.15) is 5.82 Å². The zero-order chi connectivity index (χ0) is 17.9. The number of hydrogen-bond donors (Lipinski definition) is 0. The normalized spacial score (nSPS) is 23.0. The number of piperidine rings is 1. The monoisotopic (exact) mass is 349 g/mol. The van der Waals surface area contributed by atoms with Crippen molar-refractivity contribution in [1.29, 1.82) is 0 Å². The van der Waals surface area contributed by atoms with E-state index in [1.165, 1.54) is 12.1 Å². The molecule has 1 amide bonds. The molecule has 1 aromatic carbocycles. The quantitative estimate of drug-likeness (QED) is 0.836. The number of ether oxygens (including phenoxy) is 2. The minimum absolute atomic E-state index is 0.0146. The third kappa shape index (κ3) is 3.87. The molecule has 4 nitrogen and oxygen atoms in total. The second-order valence-corrected chi connectivity index (χ2v) is 7.30. The van der Waals surface area contributed by atoms with E-state index < -0.39 is 0 Å². The third-order valence-electron chi connectivity index (χ3n) is 5.92. The Balaban J connectivity index is 1.66. The highest BCUT2D eigenvalue weighted by atomic mass is 19.1. The minimum Gasteiger partial charge on any atom is -0.381 e. The first-order valence-electron chi connectivity index (χ1n) is 9.26. The Hall–Kier alpha value is -1.46. The molecule has 0 bridgehead atoms. The number of hydrogen-bond acceptors (Lipinski definition) is 3. The largest absolute Gasteiger partial charge is 0.381 e. The van der Waals surface area contributed by atoms with Crippen LogP contribution in [0.15, 0.2) is 18.2 Å². The van der Waals surface area contributed by atoms with Crippen LogP contribution in [0.3, 0.4) is 0 Å². The fraction of sp³-hybridized carbons (Fsp3) is 0.650. The Labute approximate surface area is 149 Å².